The first-order chi connectivity index (χ1) is 13.6. The normalized spacial score (nSPS) is 12.9. The lowest BCUT2D eigenvalue weighted by Crippen LogP contribution is -2.27. The van der Waals surface area contributed by atoms with Crippen molar-refractivity contribution in [3.8, 4) is 0 Å². The summed E-state index contributed by atoms with van der Waals surface area (Å²) in [4.78, 5) is 35.7. The summed E-state index contributed by atoms with van der Waals surface area (Å²) < 4.78 is 1.89. The van der Waals surface area contributed by atoms with Crippen LogP contribution in [0.15, 0.2) is 55.1 Å². The van der Waals surface area contributed by atoms with E-state index in [1.165, 1.54) is 0 Å². The van der Waals surface area contributed by atoms with E-state index in [2.05, 4.69) is 15.3 Å². The van der Waals surface area contributed by atoms with Gasteiger partial charge in [0.2, 0.25) is 0 Å². The molecule has 7 nitrogen and oxygen atoms in total. The van der Waals surface area contributed by atoms with Crippen LogP contribution in [0.1, 0.15) is 37.7 Å². The van der Waals surface area contributed by atoms with E-state index in [-0.39, 0.29) is 11.8 Å². The second kappa shape index (κ2) is 7.64. The lowest BCUT2D eigenvalue weighted by atomic mass is 10.0. The molecule has 4 rings (SSSR count). The van der Waals surface area contributed by atoms with Gasteiger partial charge in [0.15, 0.2) is 0 Å². The van der Waals surface area contributed by atoms with Crippen LogP contribution in [0.4, 0.5) is 0 Å². The fourth-order valence-electron chi connectivity index (χ4n) is 3.40. The fourth-order valence-corrected chi connectivity index (χ4v) is 3.40. The Balaban J connectivity index is 1.45. The summed E-state index contributed by atoms with van der Waals surface area (Å²) in [6.07, 6.45) is 6.08. The quantitative estimate of drug-likeness (QED) is 0.714. The smallest absolute Gasteiger partial charge is 0.254 e. The molecule has 0 bridgehead atoms. The second-order valence-corrected chi connectivity index (χ2v) is 6.84. The lowest BCUT2D eigenvalue weighted by Gasteiger charge is -2.14. The van der Waals surface area contributed by atoms with E-state index in [4.69, 9.17) is 0 Å². The third kappa shape index (κ3) is 3.64. The zero-order valence-electron chi connectivity index (χ0n) is 15.6. The van der Waals surface area contributed by atoms with Crippen LogP contribution in [0.25, 0.3) is 0 Å². The van der Waals surface area contributed by atoms with Crippen molar-refractivity contribution < 1.29 is 9.59 Å². The molecule has 1 aromatic carbocycles. The van der Waals surface area contributed by atoms with Gasteiger partial charge in [0.25, 0.3) is 11.8 Å². The molecule has 28 heavy (non-hydrogen) atoms. The number of hydrogen-bond donors (Lipinski definition) is 1. The number of hydrogen-bond acceptors (Lipinski definition) is 4. The molecular weight excluding hydrogens is 354 g/mol. The van der Waals surface area contributed by atoms with Gasteiger partial charge in [0.1, 0.15) is 0 Å². The molecule has 1 aliphatic heterocycles. The van der Waals surface area contributed by atoms with Crippen LogP contribution in [-0.2, 0) is 26.6 Å². The summed E-state index contributed by atoms with van der Waals surface area (Å²) in [7, 11) is 1.92. The van der Waals surface area contributed by atoms with Crippen LogP contribution in [0.5, 0.6) is 0 Å². The third-order valence-electron chi connectivity index (χ3n) is 4.84. The number of pyridine rings is 1. The van der Waals surface area contributed by atoms with E-state index in [9.17, 15) is 9.59 Å². The molecule has 3 heterocycles. The number of aryl methyl sites for hydroxylation is 1. The second-order valence-electron chi connectivity index (χ2n) is 6.84. The third-order valence-corrected chi connectivity index (χ3v) is 4.84. The molecule has 0 saturated carbocycles. The number of benzene rings is 1. The minimum atomic E-state index is -0.193. The predicted molar refractivity (Wildman–Crippen MR) is 104 cm³/mol. The molecule has 0 fully saturated rings. The van der Waals surface area contributed by atoms with Crippen molar-refractivity contribution in [1.82, 2.24) is 24.8 Å². The van der Waals surface area contributed by atoms with Crippen LogP contribution in [0.3, 0.4) is 0 Å². The molecule has 0 radical (unpaired) electrons. The monoisotopic (exact) mass is 375 g/mol. The Labute approximate surface area is 163 Å². The average molecular weight is 375 g/mol. The zero-order valence-corrected chi connectivity index (χ0v) is 15.6. The van der Waals surface area contributed by atoms with Gasteiger partial charge in [-0.25, -0.2) is 4.98 Å². The molecule has 142 valence electrons. The first-order valence-electron chi connectivity index (χ1n) is 9.18. The number of aromatic nitrogens is 3. The fraction of sp³-hybridized carbons (Fsp3) is 0.238. The van der Waals surface area contributed by atoms with Gasteiger partial charge in [0.05, 0.1) is 24.3 Å². The van der Waals surface area contributed by atoms with E-state index >= 15 is 0 Å². The maximum absolute atomic E-state index is 12.7. The summed E-state index contributed by atoms with van der Waals surface area (Å²) in [5, 5.41) is 2.89. The van der Waals surface area contributed by atoms with Crippen molar-refractivity contribution in [2.24, 2.45) is 7.05 Å². The first kappa shape index (κ1) is 17.9. The van der Waals surface area contributed by atoms with Gasteiger partial charge in [-0.2, -0.15) is 0 Å². The lowest BCUT2D eigenvalue weighted by molar-refractivity contribution is 0.0778. The minimum Gasteiger partial charge on any atom is -0.346 e. The summed E-state index contributed by atoms with van der Waals surface area (Å²) in [5.74, 6) is -0.229. The zero-order chi connectivity index (χ0) is 19.5. The van der Waals surface area contributed by atoms with Gasteiger partial charge in [-0.3, -0.25) is 14.6 Å². The molecule has 0 aliphatic carbocycles. The highest BCUT2D eigenvalue weighted by Crippen LogP contribution is 2.26. The van der Waals surface area contributed by atoms with Crippen LogP contribution in [0, 0.1) is 0 Å². The van der Waals surface area contributed by atoms with Gasteiger partial charge < -0.3 is 14.8 Å². The van der Waals surface area contributed by atoms with Crippen molar-refractivity contribution >= 4 is 11.8 Å². The van der Waals surface area contributed by atoms with Gasteiger partial charge >= 0.3 is 0 Å². The molecule has 2 amide bonds. The summed E-state index contributed by atoms with van der Waals surface area (Å²) in [6, 6.07) is 10.9. The molecule has 3 aromatic rings. The van der Waals surface area contributed by atoms with E-state index in [1.54, 1.807) is 35.6 Å². The van der Waals surface area contributed by atoms with Crippen LogP contribution < -0.4 is 5.32 Å². The number of amides is 2. The van der Waals surface area contributed by atoms with E-state index < -0.39 is 0 Å². The highest BCUT2D eigenvalue weighted by atomic mass is 16.2. The Kier molecular flexibility index (Phi) is 4.89. The molecule has 1 aliphatic rings. The number of fused-ring (bicyclic) bond motifs is 1. The largest absolute Gasteiger partial charge is 0.346 e. The topological polar surface area (TPSA) is 80.1 Å². The van der Waals surface area contributed by atoms with Gasteiger partial charge in [-0.15, -0.1) is 0 Å². The van der Waals surface area contributed by atoms with Gasteiger partial charge in [0, 0.05) is 50.1 Å². The number of imidazole rings is 1. The molecule has 0 unspecified atom stereocenters. The molecule has 1 N–H and O–H groups in total. The number of nitrogens with zero attached hydrogens (tertiary/aromatic N) is 4. The number of rotatable bonds is 6. The Morgan fingerprint density at radius 1 is 1.14 bits per heavy atom. The SMILES string of the molecule is Cn1cnc(CCN2Cc3c(C(=O)NCc4ccccn4)cccc3C2=O)c1. The van der Waals surface area contributed by atoms with Crippen LogP contribution in [0.2, 0.25) is 0 Å². The Bertz CT molecular complexity index is 1010. The minimum absolute atomic E-state index is 0.0368. The maximum atomic E-state index is 12.7. The summed E-state index contributed by atoms with van der Waals surface area (Å²) in [6.45, 7) is 1.36. The van der Waals surface area contributed by atoms with Gasteiger partial charge in [-0.05, 0) is 29.8 Å². The highest BCUT2D eigenvalue weighted by Gasteiger charge is 2.30. The molecule has 2 aromatic heterocycles. The average Bonchev–Trinajstić information content (AvgIpc) is 3.28. The molecule has 0 spiro atoms. The van der Waals surface area contributed by atoms with Crippen molar-refractivity contribution in [2.75, 3.05) is 6.54 Å². The van der Waals surface area contributed by atoms with Crippen molar-refractivity contribution in [3.63, 3.8) is 0 Å². The predicted octanol–water partition coefficient (Wildman–Crippen LogP) is 1.94. The van der Waals surface area contributed by atoms with E-state index in [0.29, 0.717) is 37.2 Å². The number of carbonyl (C=O) groups is 2. The maximum Gasteiger partial charge on any atom is 0.254 e. The van der Waals surface area contributed by atoms with Gasteiger partial charge in [-0.1, -0.05) is 12.1 Å². The van der Waals surface area contributed by atoms with Crippen molar-refractivity contribution in [2.45, 2.75) is 19.5 Å². The first-order valence-corrected chi connectivity index (χ1v) is 9.18. The number of nitrogens with one attached hydrogen (secondary N) is 1. The van der Waals surface area contributed by atoms with E-state index in [1.807, 2.05) is 36.0 Å². The molecule has 0 atom stereocenters. The Morgan fingerprint density at radius 2 is 2.04 bits per heavy atom. The summed E-state index contributed by atoms with van der Waals surface area (Å²) >= 11 is 0. The Morgan fingerprint density at radius 3 is 2.79 bits per heavy atom. The standard InChI is InChI=1S/C21H21N5O2/c1-25-12-16(24-14-25)8-10-26-13-19-17(6-4-7-18(19)21(26)28)20(27)23-11-15-5-2-3-9-22-15/h2-7,9,12,14H,8,10-11,13H2,1H3,(H,23,27). The van der Waals surface area contributed by atoms with Crippen molar-refractivity contribution in [1.29, 1.82) is 0 Å². The molecular formula is C21H21N5O2. The summed E-state index contributed by atoms with van der Waals surface area (Å²) in [5.41, 5.74) is 3.66. The number of carbonyl (C=O) groups excluding carboxylic acids is 2. The van der Waals surface area contributed by atoms with E-state index in [0.717, 1.165) is 17.0 Å². The van der Waals surface area contributed by atoms with Crippen LogP contribution >= 0.6 is 0 Å². The van der Waals surface area contributed by atoms with Crippen LogP contribution in [-0.4, -0.2) is 37.8 Å². The molecule has 0 saturated heterocycles. The van der Waals surface area contributed by atoms with Crippen molar-refractivity contribution in [3.05, 3.63) is 83.2 Å². The highest BCUT2D eigenvalue weighted by molar-refractivity contribution is 6.04. The molecule has 7 heteroatoms. The Hall–Kier alpha value is -3.48.